The Hall–Kier alpha value is -1.37. The lowest BCUT2D eigenvalue weighted by molar-refractivity contribution is 0.333. The Kier molecular flexibility index (Phi) is 4.49. The van der Waals surface area contributed by atoms with E-state index in [1.165, 1.54) is 5.56 Å². The monoisotopic (exact) mass is 368 g/mol. The van der Waals surface area contributed by atoms with Crippen molar-refractivity contribution in [3.05, 3.63) is 35.1 Å². The van der Waals surface area contributed by atoms with Crippen LogP contribution in [0.5, 0.6) is 0 Å². The molecule has 2 heterocycles. The Morgan fingerprint density at radius 1 is 1.38 bits per heavy atom. The van der Waals surface area contributed by atoms with Crippen LogP contribution in [-0.4, -0.2) is 36.3 Å². The molecular weight excluding hydrogens is 348 g/mol. The number of hydrogen-bond acceptors (Lipinski definition) is 4. The van der Waals surface area contributed by atoms with Crippen LogP contribution in [-0.2, 0) is 10.1 Å². The van der Waals surface area contributed by atoms with Crippen molar-refractivity contribution in [1.82, 2.24) is 4.98 Å². The van der Waals surface area contributed by atoms with Gasteiger partial charge in [-0.1, -0.05) is 31.5 Å². The molecule has 1 aliphatic heterocycles. The van der Waals surface area contributed by atoms with Gasteiger partial charge in [0.2, 0.25) is 0 Å². The molecule has 1 aliphatic rings. The van der Waals surface area contributed by atoms with Crippen LogP contribution in [0.4, 0.5) is 5.69 Å². The quantitative estimate of drug-likeness (QED) is 0.657. The van der Waals surface area contributed by atoms with Crippen molar-refractivity contribution in [1.29, 1.82) is 0 Å². The first-order valence-corrected chi connectivity index (χ1v) is 9.96. The second-order valence-electron chi connectivity index (χ2n) is 6.78. The molecule has 2 atom stereocenters. The van der Waals surface area contributed by atoms with E-state index < -0.39 is 10.1 Å². The van der Waals surface area contributed by atoms with Crippen molar-refractivity contribution in [2.24, 2.45) is 5.92 Å². The van der Waals surface area contributed by atoms with Crippen LogP contribution >= 0.6 is 11.6 Å². The fraction of sp³-hybridized carbons (Fsp3) is 0.471. The summed E-state index contributed by atoms with van der Waals surface area (Å²) >= 11 is 6.08. The lowest BCUT2D eigenvalue weighted by atomic mass is 9.89. The van der Waals surface area contributed by atoms with Crippen LogP contribution in [0.3, 0.4) is 0 Å². The van der Waals surface area contributed by atoms with E-state index in [9.17, 15) is 8.42 Å². The van der Waals surface area contributed by atoms with Crippen molar-refractivity contribution in [2.75, 3.05) is 17.2 Å². The molecule has 0 saturated carbocycles. The topological polar surface area (TPSA) is 70.5 Å². The lowest BCUT2D eigenvalue weighted by Gasteiger charge is -2.48. The molecule has 0 spiro atoms. The summed E-state index contributed by atoms with van der Waals surface area (Å²) in [6, 6.07) is 6.08. The normalized spacial score (nSPS) is 21.3. The first-order chi connectivity index (χ1) is 11.2. The zero-order chi connectivity index (χ0) is 17.6. The Bertz CT molecular complexity index is 883. The highest BCUT2D eigenvalue weighted by Gasteiger charge is 2.38. The molecule has 1 fully saturated rings. The first kappa shape index (κ1) is 17.5. The van der Waals surface area contributed by atoms with Gasteiger partial charge in [0.1, 0.15) is 5.15 Å². The maximum absolute atomic E-state index is 11.1. The van der Waals surface area contributed by atoms with E-state index in [0.717, 1.165) is 16.5 Å². The summed E-state index contributed by atoms with van der Waals surface area (Å²) in [4.78, 5) is 6.37. The average Bonchev–Trinajstić information content (AvgIpc) is 2.48. The highest BCUT2D eigenvalue weighted by molar-refractivity contribution is 7.85. The van der Waals surface area contributed by atoms with Gasteiger partial charge in [0.05, 0.1) is 5.75 Å². The second-order valence-corrected chi connectivity index (χ2v) is 8.67. The Morgan fingerprint density at radius 3 is 2.67 bits per heavy atom. The molecule has 1 N–H and O–H groups in total. The van der Waals surface area contributed by atoms with E-state index in [2.05, 4.69) is 35.9 Å². The highest BCUT2D eigenvalue weighted by Crippen LogP contribution is 2.39. The predicted octanol–water partition coefficient (Wildman–Crippen LogP) is 3.72. The molecule has 0 bridgehead atoms. The maximum atomic E-state index is 11.1. The van der Waals surface area contributed by atoms with Gasteiger partial charge in [0, 0.05) is 35.8 Å². The predicted molar refractivity (Wildman–Crippen MR) is 97.6 cm³/mol. The number of nitrogens with zero attached hydrogens (tertiary/aromatic N) is 2. The SMILES string of the molecule is CC(C)c1ccc(N2C[C@H](CS(=O)(=O)O)[C@H]2C)c2cnc(Cl)cc12. The molecule has 5 nitrogen and oxygen atoms in total. The standard InChI is InChI=1S/C17H21ClN2O3S/c1-10(2)13-4-5-16(15-7-19-17(18)6-14(13)15)20-8-12(11(20)3)9-24(21,22)23/h4-7,10-12H,8-9H2,1-3H3,(H,21,22,23)/t11-,12-/m1/s1. The number of pyridine rings is 1. The fourth-order valence-electron chi connectivity index (χ4n) is 3.44. The number of benzene rings is 1. The zero-order valence-electron chi connectivity index (χ0n) is 13.9. The molecule has 3 rings (SSSR count). The van der Waals surface area contributed by atoms with Crippen LogP contribution in [0.2, 0.25) is 5.15 Å². The van der Waals surface area contributed by atoms with Crippen molar-refractivity contribution in [3.63, 3.8) is 0 Å². The molecule has 7 heteroatoms. The van der Waals surface area contributed by atoms with E-state index >= 15 is 0 Å². The van der Waals surface area contributed by atoms with Crippen LogP contribution in [0.1, 0.15) is 32.3 Å². The largest absolute Gasteiger partial charge is 0.368 e. The molecule has 0 unspecified atom stereocenters. The van der Waals surface area contributed by atoms with Gasteiger partial charge in [0.25, 0.3) is 10.1 Å². The minimum atomic E-state index is -3.95. The minimum Gasteiger partial charge on any atom is -0.368 e. The van der Waals surface area contributed by atoms with Gasteiger partial charge in [-0.3, -0.25) is 4.55 Å². The number of fused-ring (bicyclic) bond motifs is 1. The number of halogens is 1. The van der Waals surface area contributed by atoms with Gasteiger partial charge >= 0.3 is 0 Å². The number of hydrogen-bond donors (Lipinski definition) is 1. The van der Waals surface area contributed by atoms with Gasteiger partial charge in [0.15, 0.2) is 0 Å². The minimum absolute atomic E-state index is 0.0377. The van der Waals surface area contributed by atoms with Crippen molar-refractivity contribution >= 4 is 38.2 Å². The van der Waals surface area contributed by atoms with Crippen molar-refractivity contribution in [2.45, 2.75) is 32.7 Å². The van der Waals surface area contributed by atoms with Gasteiger partial charge in [-0.15, -0.1) is 0 Å². The summed E-state index contributed by atoms with van der Waals surface area (Å²) in [6.45, 7) is 6.85. The van der Waals surface area contributed by atoms with Crippen LogP contribution in [0, 0.1) is 5.92 Å². The molecule has 0 aliphatic carbocycles. The first-order valence-electron chi connectivity index (χ1n) is 7.97. The van der Waals surface area contributed by atoms with E-state index in [-0.39, 0.29) is 17.7 Å². The average molecular weight is 369 g/mol. The third kappa shape index (κ3) is 3.23. The van der Waals surface area contributed by atoms with E-state index in [1.54, 1.807) is 6.20 Å². The van der Waals surface area contributed by atoms with Crippen LogP contribution in [0.15, 0.2) is 24.4 Å². The zero-order valence-corrected chi connectivity index (χ0v) is 15.5. The van der Waals surface area contributed by atoms with Crippen molar-refractivity contribution < 1.29 is 13.0 Å². The summed E-state index contributed by atoms with van der Waals surface area (Å²) in [7, 11) is -3.95. The summed E-state index contributed by atoms with van der Waals surface area (Å²) in [6.07, 6.45) is 1.78. The molecule has 1 aromatic heterocycles. The Balaban J connectivity index is 1.99. The molecule has 130 valence electrons. The summed E-state index contributed by atoms with van der Waals surface area (Å²) in [5, 5.41) is 2.55. The Labute approximate surface area is 147 Å². The van der Waals surface area contributed by atoms with Gasteiger partial charge in [-0.2, -0.15) is 8.42 Å². The summed E-state index contributed by atoms with van der Waals surface area (Å²) in [5.74, 6) is 0.0951. The highest BCUT2D eigenvalue weighted by atomic mass is 35.5. The van der Waals surface area contributed by atoms with E-state index in [1.807, 2.05) is 13.0 Å². The van der Waals surface area contributed by atoms with Crippen LogP contribution < -0.4 is 4.90 Å². The summed E-state index contributed by atoms with van der Waals surface area (Å²) in [5.41, 5.74) is 2.23. The molecule has 0 amide bonds. The van der Waals surface area contributed by atoms with Gasteiger partial charge in [-0.05, 0) is 35.9 Å². The molecule has 24 heavy (non-hydrogen) atoms. The molecular formula is C17H21ClN2O3S. The number of aromatic nitrogens is 1. The van der Waals surface area contributed by atoms with E-state index in [0.29, 0.717) is 17.6 Å². The molecule has 1 saturated heterocycles. The molecule has 0 radical (unpaired) electrons. The second kappa shape index (κ2) is 6.17. The van der Waals surface area contributed by atoms with Crippen LogP contribution in [0.25, 0.3) is 10.8 Å². The molecule has 1 aromatic carbocycles. The van der Waals surface area contributed by atoms with E-state index in [4.69, 9.17) is 16.2 Å². The van der Waals surface area contributed by atoms with Crippen molar-refractivity contribution in [3.8, 4) is 0 Å². The third-order valence-electron chi connectivity index (χ3n) is 4.84. The fourth-order valence-corrected chi connectivity index (χ4v) is 4.53. The molecule has 2 aromatic rings. The Morgan fingerprint density at radius 2 is 2.08 bits per heavy atom. The third-order valence-corrected chi connectivity index (χ3v) is 5.90. The lowest BCUT2D eigenvalue weighted by Crippen LogP contribution is -2.57. The smallest absolute Gasteiger partial charge is 0.265 e. The van der Waals surface area contributed by atoms with Gasteiger partial charge in [-0.25, -0.2) is 4.98 Å². The van der Waals surface area contributed by atoms with Gasteiger partial charge < -0.3 is 4.90 Å². The number of anilines is 1. The summed E-state index contributed by atoms with van der Waals surface area (Å²) < 4.78 is 31.3. The maximum Gasteiger partial charge on any atom is 0.265 e. The number of rotatable bonds is 4.